The molecular weight excluding hydrogens is 290 g/mol. The van der Waals surface area contributed by atoms with Crippen LogP contribution in [-0.2, 0) is 4.79 Å². The van der Waals surface area contributed by atoms with Crippen molar-refractivity contribution in [2.24, 2.45) is 5.92 Å². The first-order valence-corrected chi connectivity index (χ1v) is 8.29. The third kappa shape index (κ3) is 6.35. The zero-order chi connectivity index (χ0) is 17.2. The van der Waals surface area contributed by atoms with Crippen LogP contribution in [0.2, 0.25) is 0 Å². The highest BCUT2D eigenvalue weighted by molar-refractivity contribution is 5.91. The van der Waals surface area contributed by atoms with Gasteiger partial charge in [0.15, 0.2) is 11.5 Å². The number of hydrogen-bond donors (Lipinski definition) is 0. The van der Waals surface area contributed by atoms with E-state index in [1.165, 1.54) is 0 Å². The van der Waals surface area contributed by atoms with Crippen molar-refractivity contribution < 1.29 is 14.3 Å². The van der Waals surface area contributed by atoms with Crippen molar-refractivity contribution >= 4 is 12.0 Å². The Morgan fingerprint density at radius 2 is 1.91 bits per heavy atom. The summed E-state index contributed by atoms with van der Waals surface area (Å²) in [5.41, 5.74) is 0.915. The van der Waals surface area contributed by atoms with E-state index in [4.69, 9.17) is 9.47 Å². The maximum absolute atomic E-state index is 12.0. The minimum Gasteiger partial charge on any atom is -0.493 e. The molecule has 0 N–H and O–H groups in total. The monoisotopic (exact) mass is 319 g/mol. The average molecular weight is 319 g/mol. The van der Waals surface area contributed by atoms with Crippen molar-refractivity contribution in [1.29, 1.82) is 0 Å². The van der Waals surface area contributed by atoms with E-state index in [2.05, 4.69) is 13.8 Å². The predicted molar refractivity (Wildman–Crippen MR) is 94.9 cm³/mol. The van der Waals surface area contributed by atoms with Crippen LogP contribution in [0.15, 0.2) is 24.3 Å². The number of carbonyl (C=O) groups is 1. The molecule has 0 heterocycles. The summed E-state index contributed by atoms with van der Waals surface area (Å²) < 4.78 is 11.2. The Bertz CT molecular complexity index is 519. The molecule has 0 saturated carbocycles. The topological polar surface area (TPSA) is 38.8 Å². The van der Waals surface area contributed by atoms with Crippen LogP contribution in [0.3, 0.4) is 0 Å². The zero-order valence-corrected chi connectivity index (χ0v) is 15.0. The average Bonchev–Trinajstić information content (AvgIpc) is 2.54. The summed E-state index contributed by atoms with van der Waals surface area (Å²) in [4.78, 5) is 13.8. The van der Waals surface area contributed by atoms with Crippen LogP contribution in [-0.4, -0.2) is 37.6 Å². The number of rotatable bonds is 9. The van der Waals surface area contributed by atoms with Gasteiger partial charge in [0.25, 0.3) is 0 Å². The third-order valence-corrected chi connectivity index (χ3v) is 3.63. The second-order valence-electron chi connectivity index (χ2n) is 5.79. The maximum Gasteiger partial charge on any atom is 0.246 e. The van der Waals surface area contributed by atoms with Crippen molar-refractivity contribution in [3.8, 4) is 11.5 Å². The van der Waals surface area contributed by atoms with Gasteiger partial charge in [-0.05, 0) is 50.0 Å². The van der Waals surface area contributed by atoms with Crippen LogP contribution in [0.4, 0.5) is 0 Å². The summed E-state index contributed by atoms with van der Waals surface area (Å²) >= 11 is 0. The first kappa shape index (κ1) is 19.1. The van der Waals surface area contributed by atoms with Gasteiger partial charge in [-0.25, -0.2) is 0 Å². The van der Waals surface area contributed by atoms with Crippen molar-refractivity contribution in [3.63, 3.8) is 0 Å². The largest absolute Gasteiger partial charge is 0.493 e. The van der Waals surface area contributed by atoms with E-state index >= 15 is 0 Å². The minimum absolute atomic E-state index is 0.0197. The molecule has 1 aromatic rings. The van der Waals surface area contributed by atoms with Gasteiger partial charge in [-0.3, -0.25) is 4.79 Å². The number of benzene rings is 1. The van der Waals surface area contributed by atoms with E-state index in [1.807, 2.05) is 32.0 Å². The number of amides is 1. The molecule has 4 heteroatoms. The summed E-state index contributed by atoms with van der Waals surface area (Å²) in [5.74, 6) is 2.05. The molecule has 0 atom stereocenters. The molecule has 23 heavy (non-hydrogen) atoms. The Kier molecular flexibility index (Phi) is 8.23. The lowest BCUT2D eigenvalue weighted by Crippen LogP contribution is -2.28. The lowest BCUT2D eigenvalue weighted by Gasteiger charge is -2.16. The van der Waals surface area contributed by atoms with Crippen LogP contribution in [0.1, 0.15) is 39.7 Å². The normalized spacial score (nSPS) is 11.0. The Labute approximate surface area is 140 Å². The van der Waals surface area contributed by atoms with Gasteiger partial charge in [0.1, 0.15) is 0 Å². The van der Waals surface area contributed by atoms with Crippen LogP contribution < -0.4 is 9.47 Å². The molecule has 0 aliphatic heterocycles. The fourth-order valence-corrected chi connectivity index (χ4v) is 2.12. The number of methoxy groups -OCH3 is 1. The molecule has 0 saturated heterocycles. The standard InChI is InChI=1S/C19H29NO3/c1-6-20(7-2)19(21)11-9-16-8-10-17(18(14-16)22-5)23-13-12-15(3)4/h8-11,14-15H,6-7,12-13H2,1-5H3/b11-9+. The van der Waals surface area contributed by atoms with Gasteiger partial charge >= 0.3 is 0 Å². The first-order chi connectivity index (χ1) is 11.0. The van der Waals surface area contributed by atoms with E-state index in [0.29, 0.717) is 31.4 Å². The van der Waals surface area contributed by atoms with Crippen molar-refractivity contribution in [3.05, 3.63) is 29.8 Å². The van der Waals surface area contributed by atoms with E-state index in [0.717, 1.165) is 17.7 Å². The number of hydrogen-bond acceptors (Lipinski definition) is 3. The van der Waals surface area contributed by atoms with E-state index in [-0.39, 0.29) is 5.91 Å². The Hall–Kier alpha value is -1.97. The summed E-state index contributed by atoms with van der Waals surface area (Å²) in [6.45, 7) is 10.4. The van der Waals surface area contributed by atoms with Crippen molar-refractivity contribution in [2.45, 2.75) is 34.1 Å². The fraction of sp³-hybridized carbons (Fsp3) is 0.526. The highest BCUT2D eigenvalue weighted by Gasteiger charge is 2.07. The lowest BCUT2D eigenvalue weighted by atomic mass is 10.1. The lowest BCUT2D eigenvalue weighted by molar-refractivity contribution is -0.125. The molecule has 1 aromatic carbocycles. The van der Waals surface area contributed by atoms with Gasteiger partial charge < -0.3 is 14.4 Å². The highest BCUT2D eigenvalue weighted by atomic mass is 16.5. The molecule has 0 aliphatic rings. The SMILES string of the molecule is CCN(CC)C(=O)/C=C/c1ccc(OCCC(C)C)c(OC)c1. The van der Waals surface area contributed by atoms with Crippen LogP contribution in [0.5, 0.6) is 11.5 Å². The third-order valence-electron chi connectivity index (χ3n) is 3.63. The van der Waals surface area contributed by atoms with Crippen molar-refractivity contribution in [1.82, 2.24) is 4.90 Å². The van der Waals surface area contributed by atoms with Crippen molar-refractivity contribution in [2.75, 3.05) is 26.8 Å². The summed E-state index contributed by atoms with van der Waals surface area (Å²) in [6.07, 6.45) is 4.41. The fourth-order valence-electron chi connectivity index (χ4n) is 2.12. The van der Waals surface area contributed by atoms with Gasteiger partial charge in [0.2, 0.25) is 5.91 Å². The first-order valence-electron chi connectivity index (χ1n) is 8.29. The minimum atomic E-state index is 0.0197. The van der Waals surface area contributed by atoms with Gasteiger partial charge in [0.05, 0.1) is 13.7 Å². The molecule has 1 amide bonds. The highest BCUT2D eigenvalue weighted by Crippen LogP contribution is 2.28. The van der Waals surface area contributed by atoms with Crippen LogP contribution in [0, 0.1) is 5.92 Å². The Balaban J connectivity index is 2.76. The quantitative estimate of drug-likeness (QED) is 0.646. The van der Waals surface area contributed by atoms with Gasteiger partial charge in [-0.15, -0.1) is 0 Å². The summed E-state index contributed by atoms with van der Waals surface area (Å²) in [6, 6.07) is 5.71. The molecule has 128 valence electrons. The molecule has 0 aliphatic carbocycles. The predicted octanol–water partition coefficient (Wildman–Crippen LogP) is 4.00. The maximum atomic E-state index is 12.0. The van der Waals surface area contributed by atoms with E-state index < -0.39 is 0 Å². The smallest absolute Gasteiger partial charge is 0.246 e. The molecule has 0 bridgehead atoms. The Morgan fingerprint density at radius 3 is 2.48 bits per heavy atom. The number of carbonyl (C=O) groups excluding carboxylic acids is 1. The van der Waals surface area contributed by atoms with Gasteiger partial charge in [0, 0.05) is 19.2 Å². The molecule has 0 unspecified atom stereocenters. The summed E-state index contributed by atoms with van der Waals surface area (Å²) in [7, 11) is 1.62. The number of nitrogens with zero attached hydrogens (tertiary/aromatic N) is 1. The molecule has 0 aromatic heterocycles. The number of likely N-dealkylation sites (N-methyl/N-ethyl adjacent to an activating group) is 1. The second kappa shape index (κ2) is 9.93. The molecule has 4 nitrogen and oxygen atoms in total. The second-order valence-corrected chi connectivity index (χ2v) is 5.79. The molecular formula is C19H29NO3. The molecule has 1 rings (SSSR count). The molecule has 0 radical (unpaired) electrons. The molecule has 0 fully saturated rings. The van der Waals surface area contributed by atoms with E-state index in [9.17, 15) is 4.79 Å². The molecule has 0 spiro atoms. The Morgan fingerprint density at radius 1 is 1.22 bits per heavy atom. The zero-order valence-electron chi connectivity index (χ0n) is 15.0. The van der Waals surface area contributed by atoms with Gasteiger partial charge in [-0.1, -0.05) is 19.9 Å². The summed E-state index contributed by atoms with van der Waals surface area (Å²) in [5, 5.41) is 0. The number of ether oxygens (including phenoxy) is 2. The van der Waals surface area contributed by atoms with Gasteiger partial charge in [-0.2, -0.15) is 0 Å². The van der Waals surface area contributed by atoms with Crippen LogP contribution in [0.25, 0.3) is 6.08 Å². The van der Waals surface area contributed by atoms with Crippen LogP contribution >= 0.6 is 0 Å². The van der Waals surface area contributed by atoms with E-state index in [1.54, 1.807) is 24.2 Å².